The third-order valence-corrected chi connectivity index (χ3v) is 3.04. The Kier molecular flexibility index (Phi) is 11.4. The van der Waals surface area contributed by atoms with Gasteiger partial charge in [0.25, 0.3) is 5.91 Å². The zero-order chi connectivity index (χ0) is 20.6. The van der Waals surface area contributed by atoms with Crippen molar-refractivity contribution in [2.24, 2.45) is 5.73 Å². The van der Waals surface area contributed by atoms with Gasteiger partial charge in [-0.2, -0.15) is 5.26 Å². The molecule has 0 radical (unpaired) electrons. The Balaban J connectivity index is 2.55. The van der Waals surface area contributed by atoms with E-state index >= 15 is 0 Å². The summed E-state index contributed by atoms with van der Waals surface area (Å²) in [5.41, 5.74) is 5.77. The first-order valence-electron chi connectivity index (χ1n) is 8.39. The van der Waals surface area contributed by atoms with Crippen molar-refractivity contribution >= 4 is 11.9 Å². The molecule has 0 spiro atoms. The number of nitriles is 1. The first kappa shape index (κ1) is 22.9. The molecule has 1 amide bonds. The lowest BCUT2D eigenvalue weighted by molar-refractivity contribution is -0.148. The van der Waals surface area contributed by atoms with Crippen LogP contribution in [0.25, 0.3) is 0 Å². The van der Waals surface area contributed by atoms with Crippen molar-refractivity contribution < 1.29 is 33.6 Å². The number of ether oxygens (including phenoxy) is 4. The van der Waals surface area contributed by atoms with E-state index in [1.807, 2.05) is 0 Å². The van der Waals surface area contributed by atoms with Crippen molar-refractivity contribution in [2.45, 2.75) is 6.29 Å². The molecule has 28 heavy (non-hydrogen) atoms. The molecule has 0 saturated carbocycles. The number of nitrogens with one attached hydrogen (secondary N) is 1. The van der Waals surface area contributed by atoms with Crippen LogP contribution in [0.15, 0.2) is 36.6 Å². The zero-order valence-corrected chi connectivity index (χ0v) is 15.2. The maximum atomic E-state index is 12.0. The molecule has 0 bridgehead atoms. The quantitative estimate of drug-likeness (QED) is 0.175. The number of nitrogens with two attached hydrogens (primary N) is 1. The molecule has 1 aromatic carbocycles. The van der Waals surface area contributed by atoms with Gasteiger partial charge in [-0.15, -0.1) is 0 Å². The van der Waals surface area contributed by atoms with Crippen LogP contribution in [0.5, 0.6) is 5.75 Å². The molecule has 152 valence electrons. The number of amides is 1. The predicted molar refractivity (Wildman–Crippen MR) is 97.4 cm³/mol. The molecule has 0 heterocycles. The molecular weight excluding hydrogens is 370 g/mol. The van der Waals surface area contributed by atoms with E-state index in [0.717, 1.165) is 12.3 Å². The lowest BCUT2D eigenvalue weighted by Gasteiger charge is -2.18. The number of carboxylic acids is 1. The van der Waals surface area contributed by atoms with E-state index in [4.69, 9.17) is 35.0 Å². The van der Waals surface area contributed by atoms with Gasteiger partial charge in [-0.05, 0) is 18.2 Å². The number of hydrogen-bond donors (Lipinski definition) is 3. The van der Waals surface area contributed by atoms with Gasteiger partial charge < -0.3 is 35.1 Å². The number of hydrogen-bond acceptors (Lipinski definition) is 8. The van der Waals surface area contributed by atoms with Gasteiger partial charge in [-0.3, -0.25) is 4.79 Å². The van der Waals surface area contributed by atoms with E-state index in [0.29, 0.717) is 24.4 Å². The number of benzene rings is 1. The van der Waals surface area contributed by atoms with E-state index < -0.39 is 18.9 Å². The van der Waals surface area contributed by atoms with Crippen LogP contribution in [0, 0.1) is 11.3 Å². The van der Waals surface area contributed by atoms with Crippen LogP contribution >= 0.6 is 0 Å². The summed E-state index contributed by atoms with van der Waals surface area (Å²) in [6, 6.07) is 8.30. The predicted octanol–water partition coefficient (Wildman–Crippen LogP) is 0.252. The summed E-state index contributed by atoms with van der Waals surface area (Å²) >= 11 is 0. The summed E-state index contributed by atoms with van der Waals surface area (Å²) in [6.07, 6.45) is 1.41. The molecule has 1 atom stereocenters. The molecule has 10 heteroatoms. The Labute approximate surface area is 162 Å². The number of carbonyl (C=O) groups excluding carboxylic acids is 1. The standard InChI is InChI=1S/C18H23N3O7/c19-5-2-8-26-17(27-10-9-25-12-16(22)23)13-28-15-4-1-3-14(11-15)18(24)21-7-6-20/h1-4,8,11,17H,6-7,9-10,12-13,20H2,(H,21,24)(H,22,23)/b8-2+. The number of aliphatic carboxylic acids is 1. The van der Waals surface area contributed by atoms with Crippen LogP contribution in [0.3, 0.4) is 0 Å². The molecule has 0 saturated heterocycles. The number of allylic oxidation sites excluding steroid dienone is 1. The van der Waals surface area contributed by atoms with Crippen molar-refractivity contribution in [1.29, 1.82) is 5.26 Å². The number of carbonyl (C=O) groups is 2. The molecule has 4 N–H and O–H groups in total. The number of carboxylic acid groups (broad SMARTS) is 1. The fraction of sp³-hybridized carbons (Fsp3) is 0.389. The summed E-state index contributed by atoms with van der Waals surface area (Å²) in [4.78, 5) is 22.3. The molecule has 10 nitrogen and oxygen atoms in total. The maximum Gasteiger partial charge on any atom is 0.329 e. The van der Waals surface area contributed by atoms with Crippen molar-refractivity contribution in [3.8, 4) is 11.8 Å². The van der Waals surface area contributed by atoms with Crippen LogP contribution < -0.4 is 15.8 Å². The third kappa shape index (κ3) is 10.1. The van der Waals surface area contributed by atoms with E-state index in [1.54, 1.807) is 30.3 Å². The van der Waals surface area contributed by atoms with Gasteiger partial charge >= 0.3 is 5.97 Å². The van der Waals surface area contributed by atoms with Gasteiger partial charge in [0.1, 0.15) is 12.4 Å². The molecule has 1 unspecified atom stereocenters. The molecule has 0 aromatic heterocycles. The van der Waals surface area contributed by atoms with Gasteiger partial charge in [0.05, 0.1) is 31.6 Å². The Bertz CT molecular complexity index is 688. The van der Waals surface area contributed by atoms with Gasteiger partial charge in [0.2, 0.25) is 6.29 Å². The summed E-state index contributed by atoms with van der Waals surface area (Å²) in [5, 5.41) is 19.7. The largest absolute Gasteiger partial charge is 0.487 e. The lowest BCUT2D eigenvalue weighted by atomic mass is 10.2. The van der Waals surface area contributed by atoms with Crippen molar-refractivity contribution in [2.75, 3.05) is 39.5 Å². The Hall–Kier alpha value is -3.13. The van der Waals surface area contributed by atoms with Gasteiger partial charge in [-0.25, -0.2) is 4.79 Å². The normalized spacial score (nSPS) is 11.6. The van der Waals surface area contributed by atoms with Crippen molar-refractivity contribution in [3.63, 3.8) is 0 Å². The average Bonchev–Trinajstić information content (AvgIpc) is 2.69. The average molecular weight is 393 g/mol. The van der Waals surface area contributed by atoms with Crippen LogP contribution in [0.2, 0.25) is 0 Å². The summed E-state index contributed by atoms with van der Waals surface area (Å²) < 4.78 is 21.1. The molecule has 0 fully saturated rings. The monoisotopic (exact) mass is 393 g/mol. The van der Waals surface area contributed by atoms with Crippen LogP contribution in [0.4, 0.5) is 0 Å². The fourth-order valence-corrected chi connectivity index (χ4v) is 1.86. The van der Waals surface area contributed by atoms with Gasteiger partial charge in [-0.1, -0.05) is 6.07 Å². The smallest absolute Gasteiger partial charge is 0.329 e. The maximum absolute atomic E-state index is 12.0. The van der Waals surface area contributed by atoms with E-state index in [-0.39, 0.29) is 25.7 Å². The first-order valence-corrected chi connectivity index (χ1v) is 8.39. The van der Waals surface area contributed by atoms with E-state index in [9.17, 15) is 9.59 Å². The lowest BCUT2D eigenvalue weighted by Crippen LogP contribution is -2.29. The second-order valence-corrected chi connectivity index (χ2v) is 5.20. The molecule has 1 rings (SSSR count). The molecule has 1 aromatic rings. The van der Waals surface area contributed by atoms with Gasteiger partial charge in [0.15, 0.2) is 6.61 Å². The SMILES string of the molecule is N#C/C=C/OC(COc1cccc(C(=O)NCCN)c1)OCCOCC(=O)O. The highest BCUT2D eigenvalue weighted by atomic mass is 16.7. The Morgan fingerprint density at radius 2 is 2.18 bits per heavy atom. The van der Waals surface area contributed by atoms with E-state index in [1.165, 1.54) is 0 Å². The second-order valence-electron chi connectivity index (χ2n) is 5.20. The highest BCUT2D eigenvalue weighted by Gasteiger charge is 2.12. The molecule has 0 aliphatic rings. The minimum Gasteiger partial charge on any atom is -0.487 e. The Morgan fingerprint density at radius 3 is 2.89 bits per heavy atom. The fourth-order valence-electron chi connectivity index (χ4n) is 1.86. The van der Waals surface area contributed by atoms with Gasteiger partial charge in [0, 0.05) is 18.7 Å². The second kappa shape index (κ2) is 14.0. The van der Waals surface area contributed by atoms with Crippen LogP contribution in [-0.4, -0.2) is 62.8 Å². The minimum absolute atomic E-state index is 0.0391. The molecular formula is C18H23N3O7. The topological polar surface area (TPSA) is 153 Å². The van der Waals surface area contributed by atoms with Crippen molar-refractivity contribution in [1.82, 2.24) is 5.32 Å². The highest BCUT2D eigenvalue weighted by molar-refractivity contribution is 5.94. The van der Waals surface area contributed by atoms with Crippen LogP contribution in [0.1, 0.15) is 10.4 Å². The summed E-state index contributed by atoms with van der Waals surface area (Å²) in [6.45, 7) is 0.336. The third-order valence-electron chi connectivity index (χ3n) is 3.04. The zero-order valence-electron chi connectivity index (χ0n) is 15.2. The molecule has 0 aliphatic carbocycles. The van der Waals surface area contributed by atoms with Crippen molar-refractivity contribution in [3.05, 3.63) is 42.2 Å². The highest BCUT2D eigenvalue weighted by Crippen LogP contribution is 2.14. The Morgan fingerprint density at radius 1 is 1.36 bits per heavy atom. The number of rotatable bonds is 14. The van der Waals surface area contributed by atoms with Crippen LogP contribution in [-0.2, 0) is 19.0 Å². The molecule has 0 aliphatic heterocycles. The summed E-state index contributed by atoms with van der Waals surface area (Å²) in [5.74, 6) is -0.931. The first-order chi connectivity index (χ1) is 13.6. The number of nitrogens with zero attached hydrogens (tertiary/aromatic N) is 1. The minimum atomic E-state index is -1.08. The van der Waals surface area contributed by atoms with E-state index in [2.05, 4.69) is 5.32 Å². The summed E-state index contributed by atoms with van der Waals surface area (Å²) in [7, 11) is 0.